The maximum Gasteiger partial charge on any atom is 0.416 e. The van der Waals surface area contributed by atoms with E-state index >= 15 is 0 Å². The number of carbonyl (C=O) groups is 1. The predicted octanol–water partition coefficient (Wildman–Crippen LogP) is 3.53. The zero-order chi connectivity index (χ0) is 27.7. The lowest BCUT2D eigenvalue weighted by Gasteiger charge is -2.41. The van der Waals surface area contributed by atoms with Gasteiger partial charge in [0, 0.05) is 0 Å². The van der Waals surface area contributed by atoms with Crippen molar-refractivity contribution in [3.8, 4) is 0 Å². The summed E-state index contributed by atoms with van der Waals surface area (Å²) in [4.78, 5) is 27.9. The SMILES string of the molecule is O=C1CN(Cc2n[nH]c(=O)[nH]2)C(c2ccc(F)cc2)C(COCc2cc(C(F)(F)F)cc(C(F)(F)F)c2)N1. The molecule has 2 heterocycles. The molecule has 1 saturated heterocycles. The van der Waals surface area contributed by atoms with Crippen LogP contribution in [0.1, 0.15) is 34.1 Å². The van der Waals surface area contributed by atoms with Crippen molar-refractivity contribution in [2.24, 2.45) is 0 Å². The Morgan fingerprint density at radius 3 is 2.16 bits per heavy atom. The van der Waals surface area contributed by atoms with Gasteiger partial charge in [-0.05, 0) is 41.5 Å². The van der Waals surface area contributed by atoms with E-state index < -0.39 is 59.6 Å². The van der Waals surface area contributed by atoms with E-state index in [0.717, 1.165) is 0 Å². The number of hydrogen-bond acceptors (Lipinski definition) is 5. The number of hydrogen-bond donors (Lipinski definition) is 3. The fraction of sp³-hybridized carbons (Fsp3) is 0.348. The summed E-state index contributed by atoms with van der Waals surface area (Å²) in [5, 5.41) is 8.72. The molecule has 204 valence electrons. The number of piperazine rings is 1. The predicted molar refractivity (Wildman–Crippen MR) is 117 cm³/mol. The van der Waals surface area contributed by atoms with E-state index in [1.807, 2.05) is 0 Å². The number of amides is 1. The van der Waals surface area contributed by atoms with Gasteiger partial charge in [-0.15, -0.1) is 0 Å². The first-order valence-electron chi connectivity index (χ1n) is 11.1. The van der Waals surface area contributed by atoms with Crippen LogP contribution in [0.3, 0.4) is 0 Å². The molecule has 2 aromatic carbocycles. The van der Waals surface area contributed by atoms with Crippen molar-refractivity contribution in [3.63, 3.8) is 0 Å². The molecule has 1 aromatic heterocycles. The number of nitrogens with zero attached hydrogens (tertiary/aromatic N) is 2. The Balaban J connectivity index is 1.57. The summed E-state index contributed by atoms with van der Waals surface area (Å²) in [6, 6.07) is 4.96. The lowest BCUT2D eigenvalue weighted by atomic mass is 9.95. The van der Waals surface area contributed by atoms with Crippen LogP contribution in [0.15, 0.2) is 47.3 Å². The minimum Gasteiger partial charge on any atom is -0.375 e. The van der Waals surface area contributed by atoms with Crippen LogP contribution in [-0.4, -0.2) is 45.2 Å². The molecule has 0 aliphatic carbocycles. The van der Waals surface area contributed by atoms with Crippen LogP contribution >= 0.6 is 0 Å². The molecule has 1 aliphatic rings. The van der Waals surface area contributed by atoms with Crippen LogP contribution in [0.2, 0.25) is 0 Å². The number of H-pyrrole nitrogens is 2. The van der Waals surface area contributed by atoms with Gasteiger partial charge in [0.1, 0.15) is 11.6 Å². The third-order valence-electron chi connectivity index (χ3n) is 5.80. The van der Waals surface area contributed by atoms with Crippen molar-refractivity contribution < 1.29 is 40.3 Å². The number of carbonyl (C=O) groups excluding carboxylic acids is 1. The molecule has 1 amide bonds. The first kappa shape index (κ1) is 27.3. The van der Waals surface area contributed by atoms with Gasteiger partial charge in [0.25, 0.3) is 0 Å². The fourth-order valence-corrected chi connectivity index (χ4v) is 4.24. The summed E-state index contributed by atoms with van der Waals surface area (Å²) in [5.41, 5.74) is -3.34. The fourth-order valence-electron chi connectivity index (χ4n) is 4.24. The van der Waals surface area contributed by atoms with Gasteiger partial charge in [-0.3, -0.25) is 14.7 Å². The van der Waals surface area contributed by atoms with Crippen molar-refractivity contribution in [3.05, 3.63) is 86.8 Å². The van der Waals surface area contributed by atoms with Crippen LogP contribution in [0.25, 0.3) is 0 Å². The monoisotopic (exact) mass is 547 g/mol. The number of rotatable bonds is 7. The Kier molecular flexibility index (Phi) is 7.60. The van der Waals surface area contributed by atoms with E-state index in [1.54, 1.807) is 4.90 Å². The van der Waals surface area contributed by atoms with E-state index in [4.69, 9.17) is 4.74 Å². The van der Waals surface area contributed by atoms with Gasteiger partial charge in [-0.2, -0.15) is 31.4 Å². The number of nitrogens with one attached hydrogen (secondary N) is 3. The van der Waals surface area contributed by atoms with Crippen molar-refractivity contribution in [1.82, 2.24) is 25.4 Å². The molecule has 0 saturated carbocycles. The number of benzene rings is 2. The number of ether oxygens (including phenoxy) is 1. The van der Waals surface area contributed by atoms with E-state index in [0.29, 0.717) is 17.7 Å². The van der Waals surface area contributed by atoms with Gasteiger partial charge >= 0.3 is 18.0 Å². The van der Waals surface area contributed by atoms with E-state index in [2.05, 4.69) is 20.5 Å². The molecule has 0 radical (unpaired) electrons. The molecule has 8 nitrogen and oxygen atoms in total. The van der Waals surface area contributed by atoms with Gasteiger partial charge in [0.2, 0.25) is 5.91 Å². The van der Waals surface area contributed by atoms with Crippen LogP contribution in [0, 0.1) is 5.82 Å². The molecular weight excluding hydrogens is 527 g/mol. The maximum atomic E-state index is 13.6. The van der Waals surface area contributed by atoms with Gasteiger partial charge in [0.15, 0.2) is 0 Å². The minimum absolute atomic E-state index is 0.00667. The molecule has 2 unspecified atom stereocenters. The van der Waals surface area contributed by atoms with Gasteiger partial charge < -0.3 is 10.1 Å². The topological polar surface area (TPSA) is 103 Å². The summed E-state index contributed by atoms with van der Waals surface area (Å²) in [6.07, 6.45) is -10.0. The van der Waals surface area contributed by atoms with E-state index in [-0.39, 0.29) is 37.2 Å². The molecule has 2 atom stereocenters. The van der Waals surface area contributed by atoms with Crippen LogP contribution in [0.5, 0.6) is 0 Å². The molecule has 3 N–H and O–H groups in total. The summed E-state index contributed by atoms with van der Waals surface area (Å²) in [6.45, 7) is -1.07. The first-order valence-corrected chi connectivity index (χ1v) is 11.1. The lowest BCUT2D eigenvalue weighted by molar-refractivity contribution is -0.143. The van der Waals surface area contributed by atoms with Crippen molar-refractivity contribution in [2.45, 2.75) is 37.6 Å². The Hall–Kier alpha value is -3.72. The highest BCUT2D eigenvalue weighted by molar-refractivity contribution is 5.79. The summed E-state index contributed by atoms with van der Waals surface area (Å²) in [5.74, 6) is -0.761. The Morgan fingerprint density at radius 2 is 1.61 bits per heavy atom. The molecule has 1 aliphatic heterocycles. The summed E-state index contributed by atoms with van der Waals surface area (Å²) >= 11 is 0. The summed E-state index contributed by atoms with van der Waals surface area (Å²) < 4.78 is 98.0. The second-order valence-corrected chi connectivity index (χ2v) is 8.63. The normalized spacial score (nSPS) is 19.0. The quantitative estimate of drug-likeness (QED) is 0.393. The van der Waals surface area contributed by atoms with Crippen LogP contribution in [-0.2, 0) is 35.0 Å². The second kappa shape index (κ2) is 10.6. The highest BCUT2D eigenvalue weighted by Gasteiger charge is 2.38. The maximum absolute atomic E-state index is 13.6. The molecule has 38 heavy (non-hydrogen) atoms. The number of halogens is 7. The number of aromatic amines is 2. The molecule has 4 rings (SSSR count). The summed E-state index contributed by atoms with van der Waals surface area (Å²) in [7, 11) is 0. The molecule has 0 spiro atoms. The minimum atomic E-state index is -5.01. The highest BCUT2D eigenvalue weighted by atomic mass is 19.4. The standard InChI is InChI=1S/C23H20F7N5O3/c24-16-3-1-13(2-4-16)20-17(31-19(36)9-35(20)8-18-32-21(37)34-33-18)11-38-10-12-5-14(22(25,26)27)7-15(6-12)23(28,29)30/h1-7,17,20H,8-11H2,(H,31,36)(H2,32,33,34,37). The largest absolute Gasteiger partial charge is 0.416 e. The second-order valence-electron chi connectivity index (χ2n) is 8.63. The molecule has 3 aromatic rings. The average molecular weight is 547 g/mol. The Bertz CT molecular complexity index is 1300. The zero-order valence-electron chi connectivity index (χ0n) is 19.3. The van der Waals surface area contributed by atoms with Gasteiger partial charge in [-0.1, -0.05) is 12.1 Å². The van der Waals surface area contributed by atoms with Crippen molar-refractivity contribution in [1.29, 1.82) is 0 Å². The Labute approximate surface area is 209 Å². The van der Waals surface area contributed by atoms with Gasteiger partial charge in [0.05, 0.1) is 49.5 Å². The smallest absolute Gasteiger partial charge is 0.375 e. The zero-order valence-corrected chi connectivity index (χ0v) is 19.3. The van der Waals surface area contributed by atoms with Crippen molar-refractivity contribution in [2.75, 3.05) is 13.2 Å². The number of alkyl halides is 6. The molecular formula is C23H20F7N5O3. The van der Waals surface area contributed by atoms with Crippen molar-refractivity contribution >= 4 is 5.91 Å². The first-order chi connectivity index (χ1) is 17.8. The van der Waals surface area contributed by atoms with E-state index in [9.17, 15) is 40.3 Å². The molecule has 1 fully saturated rings. The highest BCUT2D eigenvalue weighted by Crippen LogP contribution is 2.36. The number of aromatic nitrogens is 3. The Morgan fingerprint density at radius 1 is 0.974 bits per heavy atom. The lowest BCUT2D eigenvalue weighted by Crippen LogP contribution is -2.57. The van der Waals surface area contributed by atoms with Crippen LogP contribution < -0.4 is 11.0 Å². The van der Waals surface area contributed by atoms with E-state index in [1.165, 1.54) is 24.3 Å². The third-order valence-corrected chi connectivity index (χ3v) is 5.80. The molecule has 0 bridgehead atoms. The third kappa shape index (κ3) is 6.58. The van der Waals surface area contributed by atoms with Gasteiger partial charge in [-0.25, -0.2) is 14.3 Å². The average Bonchev–Trinajstić information content (AvgIpc) is 3.23. The molecule has 15 heteroatoms. The van der Waals surface area contributed by atoms with Crippen LogP contribution in [0.4, 0.5) is 30.7 Å².